The standard InChI is InChI=1S/C25H31N5O3/c1-2-3-4-5-6-7-8-16-32-18-14-12-17(13-15-18)22(31)20-11-9-10-19-21(26)24(33-23(19)20)25-27-29-30-28-25/h9-15,21,24H,2-8,16,26H2,1H3,(H,27,28,29,30). The fourth-order valence-corrected chi connectivity index (χ4v) is 4.11. The van der Waals surface area contributed by atoms with Gasteiger partial charge in [-0.15, -0.1) is 5.10 Å². The van der Waals surface area contributed by atoms with Gasteiger partial charge >= 0.3 is 0 Å². The number of H-pyrrole nitrogens is 1. The number of rotatable bonds is 12. The van der Waals surface area contributed by atoms with E-state index in [1.807, 2.05) is 24.3 Å². The number of para-hydroxylation sites is 1. The summed E-state index contributed by atoms with van der Waals surface area (Å²) >= 11 is 0. The molecule has 0 fully saturated rings. The van der Waals surface area contributed by atoms with Crippen LogP contribution in [0.1, 0.15) is 91.3 Å². The van der Waals surface area contributed by atoms with Crippen LogP contribution in [0.5, 0.6) is 11.5 Å². The number of benzene rings is 2. The fourth-order valence-electron chi connectivity index (χ4n) is 4.11. The second kappa shape index (κ2) is 11.0. The predicted octanol–water partition coefficient (Wildman–Crippen LogP) is 4.69. The van der Waals surface area contributed by atoms with Crippen molar-refractivity contribution in [1.82, 2.24) is 20.6 Å². The number of carbonyl (C=O) groups excluding carboxylic acids is 1. The second-order valence-electron chi connectivity index (χ2n) is 8.40. The minimum absolute atomic E-state index is 0.131. The van der Waals surface area contributed by atoms with Crippen LogP contribution in [0.2, 0.25) is 0 Å². The number of fused-ring (bicyclic) bond motifs is 1. The van der Waals surface area contributed by atoms with E-state index in [0.29, 0.717) is 29.3 Å². The molecule has 0 amide bonds. The van der Waals surface area contributed by atoms with Crippen LogP contribution in [0, 0.1) is 0 Å². The Morgan fingerprint density at radius 3 is 2.55 bits per heavy atom. The molecule has 4 rings (SSSR count). The van der Waals surface area contributed by atoms with Crippen LogP contribution in [0.4, 0.5) is 0 Å². The van der Waals surface area contributed by atoms with Crippen molar-refractivity contribution in [2.75, 3.05) is 6.61 Å². The normalized spacial score (nSPS) is 16.9. The van der Waals surface area contributed by atoms with Crippen LogP contribution in [-0.4, -0.2) is 33.0 Å². The van der Waals surface area contributed by atoms with Gasteiger partial charge in [0.25, 0.3) is 0 Å². The van der Waals surface area contributed by atoms with Gasteiger partial charge in [-0.3, -0.25) is 4.79 Å². The zero-order valence-corrected chi connectivity index (χ0v) is 19.0. The van der Waals surface area contributed by atoms with E-state index in [4.69, 9.17) is 15.2 Å². The highest BCUT2D eigenvalue weighted by molar-refractivity contribution is 6.11. The van der Waals surface area contributed by atoms with E-state index in [1.54, 1.807) is 18.2 Å². The molecule has 33 heavy (non-hydrogen) atoms. The van der Waals surface area contributed by atoms with Crippen molar-refractivity contribution >= 4 is 5.78 Å². The first-order valence-electron chi connectivity index (χ1n) is 11.8. The Hall–Kier alpha value is -3.26. The third-order valence-corrected chi connectivity index (χ3v) is 5.98. The van der Waals surface area contributed by atoms with Gasteiger partial charge in [-0.25, -0.2) is 5.10 Å². The summed E-state index contributed by atoms with van der Waals surface area (Å²) in [6.45, 7) is 2.92. The summed E-state index contributed by atoms with van der Waals surface area (Å²) < 4.78 is 11.9. The van der Waals surface area contributed by atoms with Gasteiger partial charge in [-0.2, -0.15) is 0 Å². The number of carbonyl (C=O) groups is 1. The van der Waals surface area contributed by atoms with E-state index >= 15 is 0 Å². The van der Waals surface area contributed by atoms with Gasteiger partial charge in [-0.1, -0.05) is 57.6 Å². The van der Waals surface area contributed by atoms with Crippen LogP contribution >= 0.6 is 0 Å². The lowest BCUT2D eigenvalue weighted by molar-refractivity contribution is 0.103. The number of ketones is 1. The van der Waals surface area contributed by atoms with Crippen molar-refractivity contribution in [3.63, 3.8) is 0 Å². The highest BCUT2D eigenvalue weighted by atomic mass is 16.5. The molecule has 174 valence electrons. The van der Waals surface area contributed by atoms with Gasteiger partial charge in [0.15, 0.2) is 17.7 Å². The maximum atomic E-state index is 13.2. The van der Waals surface area contributed by atoms with Gasteiger partial charge in [-0.05, 0) is 47.2 Å². The van der Waals surface area contributed by atoms with E-state index < -0.39 is 12.1 Å². The van der Waals surface area contributed by atoms with Crippen molar-refractivity contribution in [2.45, 2.75) is 64.0 Å². The number of hydrogen-bond acceptors (Lipinski definition) is 7. The molecule has 0 spiro atoms. The number of tetrazole rings is 1. The van der Waals surface area contributed by atoms with Crippen molar-refractivity contribution in [3.8, 4) is 11.5 Å². The molecule has 2 heterocycles. The number of unbranched alkanes of at least 4 members (excludes halogenated alkanes) is 6. The Morgan fingerprint density at radius 2 is 1.82 bits per heavy atom. The molecular formula is C25H31N5O3. The quantitative estimate of drug-likeness (QED) is 0.304. The molecular weight excluding hydrogens is 418 g/mol. The van der Waals surface area contributed by atoms with Crippen LogP contribution in [-0.2, 0) is 0 Å². The van der Waals surface area contributed by atoms with Crippen molar-refractivity contribution < 1.29 is 14.3 Å². The molecule has 0 saturated carbocycles. The minimum Gasteiger partial charge on any atom is -0.494 e. The lowest BCUT2D eigenvalue weighted by Crippen LogP contribution is -2.18. The van der Waals surface area contributed by atoms with Crippen LogP contribution in [0.15, 0.2) is 42.5 Å². The largest absolute Gasteiger partial charge is 0.494 e. The zero-order chi connectivity index (χ0) is 23.0. The predicted molar refractivity (Wildman–Crippen MR) is 124 cm³/mol. The molecule has 2 unspecified atom stereocenters. The summed E-state index contributed by atoms with van der Waals surface area (Å²) in [6, 6.07) is 12.2. The molecule has 0 radical (unpaired) electrons. The van der Waals surface area contributed by atoms with E-state index in [9.17, 15) is 4.79 Å². The molecule has 3 N–H and O–H groups in total. The number of nitrogens with one attached hydrogen (secondary N) is 1. The molecule has 0 aliphatic carbocycles. The molecule has 3 aromatic rings. The number of aromatic amines is 1. The van der Waals surface area contributed by atoms with Gasteiger partial charge in [0.1, 0.15) is 11.5 Å². The molecule has 8 nitrogen and oxygen atoms in total. The van der Waals surface area contributed by atoms with Gasteiger partial charge in [0.2, 0.25) is 0 Å². The van der Waals surface area contributed by atoms with E-state index in [-0.39, 0.29) is 5.78 Å². The smallest absolute Gasteiger partial charge is 0.196 e. The first kappa shape index (κ1) is 22.9. The number of aromatic nitrogens is 4. The summed E-state index contributed by atoms with van der Waals surface area (Å²) in [7, 11) is 0. The first-order chi connectivity index (χ1) is 16.2. The number of hydrogen-bond donors (Lipinski definition) is 2. The Balaban J connectivity index is 1.34. The Bertz CT molecular complexity index is 1040. The molecule has 2 aromatic carbocycles. The lowest BCUT2D eigenvalue weighted by atomic mass is 9.97. The number of nitrogens with zero attached hydrogens (tertiary/aromatic N) is 3. The Kier molecular flexibility index (Phi) is 7.67. The van der Waals surface area contributed by atoms with Crippen molar-refractivity contribution in [2.24, 2.45) is 5.73 Å². The third kappa shape index (κ3) is 5.39. The van der Waals surface area contributed by atoms with E-state index in [1.165, 1.54) is 38.5 Å². The van der Waals surface area contributed by atoms with Crippen molar-refractivity contribution in [3.05, 3.63) is 65.0 Å². The zero-order valence-electron chi connectivity index (χ0n) is 19.0. The molecule has 0 saturated heterocycles. The summed E-state index contributed by atoms with van der Waals surface area (Å²) in [4.78, 5) is 13.2. The van der Waals surface area contributed by atoms with Crippen LogP contribution in [0.3, 0.4) is 0 Å². The number of ether oxygens (including phenoxy) is 2. The maximum absolute atomic E-state index is 13.2. The average Bonchev–Trinajstić information content (AvgIpc) is 3.49. The van der Waals surface area contributed by atoms with Crippen LogP contribution < -0.4 is 15.2 Å². The first-order valence-corrected chi connectivity index (χ1v) is 11.8. The highest BCUT2D eigenvalue weighted by Crippen LogP contribution is 2.44. The summed E-state index contributed by atoms with van der Waals surface area (Å²) in [5, 5.41) is 13.8. The Morgan fingerprint density at radius 1 is 1.06 bits per heavy atom. The van der Waals surface area contributed by atoms with Crippen LogP contribution in [0.25, 0.3) is 0 Å². The number of nitrogens with two attached hydrogens (primary N) is 1. The minimum atomic E-state index is -0.564. The fraction of sp³-hybridized carbons (Fsp3) is 0.440. The summed E-state index contributed by atoms with van der Waals surface area (Å²) in [5.74, 6) is 1.55. The topological polar surface area (TPSA) is 116 Å². The monoisotopic (exact) mass is 449 g/mol. The van der Waals surface area contributed by atoms with Crippen molar-refractivity contribution in [1.29, 1.82) is 0 Å². The third-order valence-electron chi connectivity index (χ3n) is 5.98. The van der Waals surface area contributed by atoms with E-state index in [2.05, 4.69) is 27.5 Å². The summed E-state index contributed by atoms with van der Waals surface area (Å²) in [6.07, 6.45) is 8.16. The molecule has 1 aliphatic rings. The average molecular weight is 450 g/mol. The summed E-state index contributed by atoms with van der Waals surface area (Å²) in [5.41, 5.74) is 8.13. The van der Waals surface area contributed by atoms with Gasteiger partial charge < -0.3 is 15.2 Å². The maximum Gasteiger partial charge on any atom is 0.196 e. The lowest BCUT2D eigenvalue weighted by Gasteiger charge is -2.11. The second-order valence-corrected chi connectivity index (χ2v) is 8.40. The van der Waals surface area contributed by atoms with E-state index in [0.717, 1.165) is 17.7 Å². The Labute approximate surface area is 193 Å². The SMILES string of the molecule is CCCCCCCCCOc1ccc(C(=O)c2cccc3c2OC(c2nnn[nH]2)C3N)cc1. The highest BCUT2D eigenvalue weighted by Gasteiger charge is 2.37. The molecule has 1 aromatic heterocycles. The van der Waals surface area contributed by atoms with Gasteiger partial charge in [0, 0.05) is 11.1 Å². The molecule has 8 heteroatoms. The molecule has 1 aliphatic heterocycles. The molecule has 2 atom stereocenters. The van der Waals surface area contributed by atoms with Gasteiger partial charge in [0.05, 0.1) is 18.2 Å². The molecule has 0 bridgehead atoms.